The van der Waals surface area contributed by atoms with Crippen molar-refractivity contribution in [1.29, 1.82) is 0 Å². The molecule has 4 nitrogen and oxygen atoms in total. The number of fused-ring (bicyclic) bond motifs is 2. The van der Waals surface area contributed by atoms with E-state index in [0.29, 0.717) is 18.2 Å². The maximum Gasteiger partial charge on any atom is 0.227 e. The molecule has 0 radical (unpaired) electrons. The van der Waals surface area contributed by atoms with Crippen LogP contribution in [0.2, 0.25) is 0 Å². The smallest absolute Gasteiger partial charge is 0.227 e. The van der Waals surface area contributed by atoms with Gasteiger partial charge in [-0.2, -0.15) is 11.3 Å². The van der Waals surface area contributed by atoms with Crippen molar-refractivity contribution in [3.63, 3.8) is 0 Å². The van der Waals surface area contributed by atoms with E-state index in [1.165, 1.54) is 0 Å². The Labute approximate surface area is 133 Å². The Morgan fingerprint density at radius 1 is 1.36 bits per heavy atom. The topological polar surface area (TPSA) is 42.4 Å². The highest BCUT2D eigenvalue weighted by atomic mass is 32.1. The molecule has 3 heterocycles. The summed E-state index contributed by atoms with van der Waals surface area (Å²) in [7, 11) is 0. The van der Waals surface area contributed by atoms with E-state index in [1.807, 2.05) is 39.9 Å². The molecule has 1 saturated heterocycles. The van der Waals surface area contributed by atoms with E-state index < -0.39 is 0 Å². The van der Waals surface area contributed by atoms with Crippen LogP contribution >= 0.6 is 11.3 Å². The highest BCUT2D eigenvalue weighted by Gasteiger charge is 2.50. The molecule has 22 heavy (non-hydrogen) atoms. The number of piperidine rings is 1. The van der Waals surface area contributed by atoms with Crippen molar-refractivity contribution in [2.24, 2.45) is 5.92 Å². The summed E-state index contributed by atoms with van der Waals surface area (Å²) in [6.07, 6.45) is 4.53. The molecule has 1 aliphatic carbocycles. The molecule has 114 valence electrons. The third-order valence-electron chi connectivity index (χ3n) is 4.66. The molecule has 3 atom stereocenters. The minimum absolute atomic E-state index is 0.0984. The average molecular weight is 314 g/mol. The molecule has 3 unspecified atom stereocenters. The van der Waals surface area contributed by atoms with Crippen molar-refractivity contribution in [2.45, 2.75) is 31.4 Å². The first-order valence-electron chi connectivity index (χ1n) is 7.69. The summed E-state index contributed by atoms with van der Waals surface area (Å²) in [4.78, 5) is 18.8. The summed E-state index contributed by atoms with van der Waals surface area (Å²) in [5.74, 6) is 1.33. The Morgan fingerprint density at radius 3 is 3.09 bits per heavy atom. The molecule has 4 rings (SSSR count). The molecule has 1 aliphatic heterocycles. The number of pyridine rings is 1. The molecule has 0 aromatic carbocycles. The number of carbonyl (C=O) groups excluding carboxylic acids is 1. The fraction of sp³-hybridized carbons (Fsp3) is 0.412. The van der Waals surface area contributed by atoms with Gasteiger partial charge in [-0.3, -0.25) is 4.79 Å². The SMILES string of the molecule is O=C(Cc1ccsc1)N1CC2CCC1C2Oc1ccccn1. The zero-order valence-corrected chi connectivity index (χ0v) is 13.0. The van der Waals surface area contributed by atoms with Crippen LogP contribution in [0.25, 0.3) is 0 Å². The van der Waals surface area contributed by atoms with Crippen LogP contribution in [0.15, 0.2) is 41.2 Å². The lowest BCUT2D eigenvalue weighted by atomic mass is 10.1. The first-order chi connectivity index (χ1) is 10.8. The van der Waals surface area contributed by atoms with Gasteiger partial charge in [-0.15, -0.1) is 0 Å². The summed E-state index contributed by atoms with van der Waals surface area (Å²) in [6.45, 7) is 0.825. The fourth-order valence-electron chi connectivity index (χ4n) is 3.63. The number of rotatable bonds is 4. The van der Waals surface area contributed by atoms with Crippen LogP contribution in [0.3, 0.4) is 0 Å². The number of thiophene rings is 1. The van der Waals surface area contributed by atoms with Crippen molar-refractivity contribution in [3.05, 3.63) is 46.8 Å². The van der Waals surface area contributed by atoms with Gasteiger partial charge in [0.1, 0.15) is 6.10 Å². The van der Waals surface area contributed by atoms with E-state index in [0.717, 1.165) is 24.9 Å². The lowest BCUT2D eigenvalue weighted by molar-refractivity contribution is -0.132. The van der Waals surface area contributed by atoms with Gasteiger partial charge in [0.05, 0.1) is 12.5 Å². The molecular weight excluding hydrogens is 296 g/mol. The van der Waals surface area contributed by atoms with Crippen molar-refractivity contribution < 1.29 is 9.53 Å². The van der Waals surface area contributed by atoms with Crippen molar-refractivity contribution >= 4 is 17.2 Å². The Kier molecular flexibility index (Phi) is 3.58. The highest BCUT2D eigenvalue weighted by molar-refractivity contribution is 7.07. The number of amides is 1. The molecule has 0 spiro atoms. The predicted molar refractivity (Wildman–Crippen MR) is 84.9 cm³/mol. The van der Waals surface area contributed by atoms with E-state index in [9.17, 15) is 4.79 Å². The van der Waals surface area contributed by atoms with E-state index in [2.05, 4.69) is 4.98 Å². The second kappa shape index (κ2) is 5.72. The average Bonchev–Trinajstić information content (AvgIpc) is 3.26. The maximum atomic E-state index is 12.6. The van der Waals surface area contributed by atoms with Crippen LogP contribution in [-0.4, -0.2) is 34.5 Å². The van der Waals surface area contributed by atoms with Gasteiger partial charge in [-0.1, -0.05) is 6.07 Å². The van der Waals surface area contributed by atoms with Crippen LogP contribution in [0, 0.1) is 5.92 Å². The van der Waals surface area contributed by atoms with Crippen LogP contribution in [0.1, 0.15) is 18.4 Å². The molecular formula is C17H18N2O2S. The standard InChI is InChI=1S/C17H18N2O2S/c20-16(9-12-6-8-22-11-12)19-10-13-4-5-14(19)17(13)21-15-3-1-2-7-18-15/h1-3,6-8,11,13-14,17H,4-5,9-10H2. The normalized spacial score (nSPS) is 26.4. The van der Waals surface area contributed by atoms with Crippen molar-refractivity contribution in [3.8, 4) is 5.88 Å². The van der Waals surface area contributed by atoms with Crippen molar-refractivity contribution in [1.82, 2.24) is 9.88 Å². The first kappa shape index (κ1) is 13.8. The van der Waals surface area contributed by atoms with Gasteiger partial charge in [-0.05, 0) is 41.3 Å². The third-order valence-corrected chi connectivity index (χ3v) is 5.39. The van der Waals surface area contributed by atoms with Gasteiger partial charge in [0.25, 0.3) is 0 Å². The van der Waals surface area contributed by atoms with Gasteiger partial charge >= 0.3 is 0 Å². The number of hydrogen-bond donors (Lipinski definition) is 0. The van der Waals surface area contributed by atoms with Crippen LogP contribution < -0.4 is 4.74 Å². The zero-order valence-electron chi connectivity index (χ0n) is 12.2. The highest BCUT2D eigenvalue weighted by Crippen LogP contribution is 2.40. The molecule has 0 N–H and O–H groups in total. The summed E-state index contributed by atoms with van der Waals surface area (Å²) < 4.78 is 6.08. The third kappa shape index (κ3) is 2.50. The molecule has 2 bridgehead atoms. The Hall–Kier alpha value is -1.88. The van der Waals surface area contributed by atoms with Gasteiger partial charge in [-0.25, -0.2) is 4.98 Å². The predicted octanol–water partition coefficient (Wildman–Crippen LogP) is 2.75. The number of carbonyl (C=O) groups is 1. The van der Waals surface area contributed by atoms with E-state index >= 15 is 0 Å². The van der Waals surface area contributed by atoms with E-state index in [4.69, 9.17) is 4.74 Å². The van der Waals surface area contributed by atoms with Crippen LogP contribution in [-0.2, 0) is 11.2 Å². The quantitative estimate of drug-likeness (QED) is 0.871. The van der Waals surface area contributed by atoms with Gasteiger partial charge < -0.3 is 9.64 Å². The minimum atomic E-state index is 0.0984. The van der Waals surface area contributed by atoms with Crippen molar-refractivity contribution in [2.75, 3.05) is 6.54 Å². The molecule has 1 amide bonds. The monoisotopic (exact) mass is 314 g/mol. The minimum Gasteiger partial charge on any atom is -0.472 e. The molecule has 2 aromatic heterocycles. The van der Waals surface area contributed by atoms with Gasteiger partial charge in [0.2, 0.25) is 11.8 Å². The van der Waals surface area contributed by atoms with Crippen LogP contribution in [0.5, 0.6) is 5.88 Å². The number of ether oxygens (including phenoxy) is 1. The lowest BCUT2D eigenvalue weighted by Gasteiger charge is -2.27. The number of hydrogen-bond acceptors (Lipinski definition) is 4. The Bertz CT molecular complexity index is 644. The summed E-state index contributed by atoms with van der Waals surface area (Å²) in [5.41, 5.74) is 1.11. The Morgan fingerprint density at radius 2 is 2.32 bits per heavy atom. The fourth-order valence-corrected chi connectivity index (χ4v) is 4.30. The second-order valence-corrected chi connectivity index (χ2v) is 6.79. The van der Waals surface area contributed by atoms with Gasteiger partial charge in [0, 0.05) is 24.7 Å². The zero-order chi connectivity index (χ0) is 14.9. The number of aromatic nitrogens is 1. The maximum absolute atomic E-state index is 12.6. The van der Waals surface area contributed by atoms with E-state index in [1.54, 1.807) is 17.5 Å². The largest absolute Gasteiger partial charge is 0.472 e. The molecule has 1 saturated carbocycles. The second-order valence-electron chi connectivity index (χ2n) is 6.01. The lowest BCUT2D eigenvalue weighted by Crippen LogP contribution is -2.41. The van der Waals surface area contributed by atoms with Gasteiger partial charge in [0.15, 0.2) is 0 Å². The van der Waals surface area contributed by atoms with Crippen LogP contribution in [0.4, 0.5) is 0 Å². The number of nitrogens with zero attached hydrogens (tertiary/aromatic N) is 2. The van der Waals surface area contributed by atoms with E-state index in [-0.39, 0.29) is 18.1 Å². The molecule has 2 aliphatic rings. The molecule has 5 heteroatoms. The molecule has 2 fully saturated rings. The Balaban J connectivity index is 1.45. The number of likely N-dealkylation sites (tertiary alicyclic amines) is 1. The first-order valence-corrected chi connectivity index (χ1v) is 8.64. The summed E-state index contributed by atoms with van der Waals surface area (Å²) >= 11 is 1.64. The summed E-state index contributed by atoms with van der Waals surface area (Å²) in [5, 5.41) is 4.07. The molecule has 2 aromatic rings. The summed E-state index contributed by atoms with van der Waals surface area (Å²) in [6, 6.07) is 7.93.